The lowest BCUT2D eigenvalue weighted by atomic mass is 10.0. The molecule has 5 heteroatoms. The molecule has 2 aliphatic rings. The topological polar surface area (TPSA) is 61.4 Å². The number of hydrogen-bond acceptors (Lipinski definition) is 3. The minimum absolute atomic E-state index is 0.127. The fourth-order valence-corrected chi connectivity index (χ4v) is 3.51. The van der Waals surface area contributed by atoms with Crippen LogP contribution in [0.3, 0.4) is 0 Å². The number of carbonyl (C=O) groups is 2. The van der Waals surface area contributed by atoms with Crippen LogP contribution >= 0.6 is 0 Å². The monoisotopic (exact) mass is 329 g/mol. The normalized spacial score (nSPS) is 20.6. The van der Waals surface area contributed by atoms with E-state index in [0.29, 0.717) is 31.8 Å². The molecular weight excluding hydrogens is 302 g/mol. The molecule has 5 nitrogen and oxygen atoms in total. The highest BCUT2D eigenvalue weighted by Crippen LogP contribution is 2.16. The maximum absolute atomic E-state index is 12.0. The smallest absolute Gasteiger partial charge is 0.222 e. The molecule has 1 aromatic carbocycles. The molecule has 0 saturated carbocycles. The maximum Gasteiger partial charge on any atom is 0.222 e. The van der Waals surface area contributed by atoms with Crippen molar-refractivity contribution in [3.05, 3.63) is 35.4 Å². The van der Waals surface area contributed by atoms with Crippen LogP contribution in [0.25, 0.3) is 0 Å². The third kappa shape index (κ3) is 4.81. The van der Waals surface area contributed by atoms with Gasteiger partial charge in [-0.3, -0.25) is 9.59 Å². The summed E-state index contributed by atoms with van der Waals surface area (Å²) in [5.74, 6) is 1.02. The Balaban J connectivity index is 1.43. The van der Waals surface area contributed by atoms with Crippen molar-refractivity contribution >= 4 is 11.8 Å². The van der Waals surface area contributed by atoms with Crippen LogP contribution in [0.1, 0.15) is 43.2 Å². The minimum Gasteiger partial charge on any atom is -0.352 e. The van der Waals surface area contributed by atoms with E-state index in [1.807, 2.05) is 23.1 Å². The van der Waals surface area contributed by atoms with Crippen molar-refractivity contribution in [1.29, 1.82) is 0 Å². The zero-order chi connectivity index (χ0) is 16.8. The Morgan fingerprint density at radius 1 is 1.33 bits per heavy atom. The van der Waals surface area contributed by atoms with Crippen molar-refractivity contribution in [3.63, 3.8) is 0 Å². The number of rotatable bonds is 7. The van der Waals surface area contributed by atoms with Crippen molar-refractivity contribution in [3.8, 4) is 0 Å². The van der Waals surface area contributed by atoms with Crippen LogP contribution in [0, 0.1) is 5.92 Å². The summed E-state index contributed by atoms with van der Waals surface area (Å²) in [6.45, 7) is 4.22. The Labute approximate surface area is 143 Å². The molecule has 24 heavy (non-hydrogen) atoms. The van der Waals surface area contributed by atoms with E-state index in [9.17, 15) is 9.59 Å². The van der Waals surface area contributed by atoms with Gasteiger partial charge in [0.15, 0.2) is 0 Å². The lowest BCUT2D eigenvalue weighted by Crippen LogP contribution is -2.25. The first-order chi connectivity index (χ1) is 11.7. The molecule has 2 saturated heterocycles. The van der Waals surface area contributed by atoms with Crippen molar-refractivity contribution in [2.75, 3.05) is 19.6 Å². The van der Waals surface area contributed by atoms with Gasteiger partial charge < -0.3 is 15.5 Å². The second-order valence-corrected chi connectivity index (χ2v) is 6.91. The lowest BCUT2D eigenvalue weighted by molar-refractivity contribution is -0.128. The van der Waals surface area contributed by atoms with Gasteiger partial charge in [-0.25, -0.2) is 0 Å². The molecule has 2 fully saturated rings. The van der Waals surface area contributed by atoms with E-state index in [1.54, 1.807) is 0 Å². The number of amides is 2. The quantitative estimate of drug-likeness (QED) is 0.802. The van der Waals surface area contributed by atoms with Crippen LogP contribution < -0.4 is 10.6 Å². The van der Waals surface area contributed by atoms with Crippen LogP contribution in [0.2, 0.25) is 0 Å². The molecule has 0 aliphatic carbocycles. The molecule has 0 bridgehead atoms. The number of benzene rings is 1. The van der Waals surface area contributed by atoms with Gasteiger partial charge in [0.1, 0.15) is 0 Å². The first-order valence-corrected chi connectivity index (χ1v) is 9.04. The van der Waals surface area contributed by atoms with Gasteiger partial charge in [0, 0.05) is 32.5 Å². The van der Waals surface area contributed by atoms with E-state index in [4.69, 9.17) is 0 Å². The van der Waals surface area contributed by atoms with Gasteiger partial charge in [-0.1, -0.05) is 24.3 Å². The van der Waals surface area contributed by atoms with E-state index < -0.39 is 0 Å². The summed E-state index contributed by atoms with van der Waals surface area (Å²) in [5.41, 5.74) is 2.23. The third-order valence-corrected chi connectivity index (χ3v) is 4.97. The minimum atomic E-state index is 0.127. The molecule has 1 atom stereocenters. The van der Waals surface area contributed by atoms with Gasteiger partial charge in [-0.2, -0.15) is 0 Å². The maximum atomic E-state index is 12.0. The standard InChI is InChI=1S/C19H27N3O2/c23-18(7-6-15-8-9-20-12-15)21-13-16-3-1-4-17(11-16)14-22-10-2-5-19(22)24/h1,3-4,11,15,20H,2,5-10,12-14H2,(H,21,23). The Morgan fingerprint density at radius 2 is 2.21 bits per heavy atom. The molecule has 130 valence electrons. The zero-order valence-corrected chi connectivity index (χ0v) is 14.2. The highest BCUT2D eigenvalue weighted by Gasteiger charge is 2.20. The fraction of sp³-hybridized carbons (Fsp3) is 0.579. The van der Waals surface area contributed by atoms with Gasteiger partial charge in [0.25, 0.3) is 0 Å². The Hall–Kier alpha value is -1.88. The van der Waals surface area contributed by atoms with E-state index in [0.717, 1.165) is 43.6 Å². The summed E-state index contributed by atoms with van der Waals surface area (Å²) in [5, 5.41) is 6.35. The van der Waals surface area contributed by atoms with Crippen molar-refractivity contribution in [1.82, 2.24) is 15.5 Å². The average molecular weight is 329 g/mol. The molecule has 2 heterocycles. The van der Waals surface area contributed by atoms with E-state index >= 15 is 0 Å². The fourth-order valence-electron chi connectivity index (χ4n) is 3.51. The molecule has 3 rings (SSSR count). The number of hydrogen-bond donors (Lipinski definition) is 2. The molecule has 0 radical (unpaired) electrons. The SMILES string of the molecule is O=C(CCC1CCNC1)NCc1cccc(CN2CCCC2=O)c1. The van der Waals surface area contributed by atoms with Gasteiger partial charge in [0.2, 0.25) is 11.8 Å². The van der Waals surface area contributed by atoms with Crippen LogP contribution in [-0.2, 0) is 22.7 Å². The van der Waals surface area contributed by atoms with Crippen LogP contribution in [-0.4, -0.2) is 36.3 Å². The van der Waals surface area contributed by atoms with Crippen molar-refractivity contribution in [2.24, 2.45) is 5.92 Å². The number of likely N-dealkylation sites (tertiary alicyclic amines) is 1. The highest BCUT2D eigenvalue weighted by atomic mass is 16.2. The molecule has 1 unspecified atom stereocenters. The summed E-state index contributed by atoms with van der Waals surface area (Å²) in [6, 6.07) is 8.16. The number of nitrogens with one attached hydrogen (secondary N) is 2. The van der Waals surface area contributed by atoms with Gasteiger partial charge in [0.05, 0.1) is 0 Å². The highest BCUT2D eigenvalue weighted by molar-refractivity contribution is 5.78. The first kappa shape index (κ1) is 17.0. The van der Waals surface area contributed by atoms with E-state index in [1.165, 1.54) is 6.42 Å². The van der Waals surface area contributed by atoms with E-state index in [2.05, 4.69) is 16.7 Å². The van der Waals surface area contributed by atoms with Crippen LogP contribution in [0.5, 0.6) is 0 Å². The number of nitrogens with zero attached hydrogens (tertiary/aromatic N) is 1. The molecule has 0 spiro atoms. The summed E-state index contributed by atoms with van der Waals surface area (Å²) in [4.78, 5) is 25.6. The predicted molar refractivity (Wildman–Crippen MR) is 93.2 cm³/mol. The van der Waals surface area contributed by atoms with Gasteiger partial charge in [-0.15, -0.1) is 0 Å². The summed E-state index contributed by atoms with van der Waals surface area (Å²) in [6.07, 6.45) is 4.40. The van der Waals surface area contributed by atoms with Gasteiger partial charge >= 0.3 is 0 Å². The summed E-state index contributed by atoms with van der Waals surface area (Å²) >= 11 is 0. The largest absolute Gasteiger partial charge is 0.352 e. The average Bonchev–Trinajstić information content (AvgIpc) is 3.24. The second kappa shape index (κ2) is 8.29. The van der Waals surface area contributed by atoms with Crippen LogP contribution in [0.15, 0.2) is 24.3 Å². The van der Waals surface area contributed by atoms with Crippen molar-refractivity contribution in [2.45, 2.75) is 45.2 Å². The van der Waals surface area contributed by atoms with Crippen molar-refractivity contribution < 1.29 is 9.59 Å². The molecule has 2 amide bonds. The van der Waals surface area contributed by atoms with E-state index in [-0.39, 0.29) is 11.8 Å². The number of carbonyl (C=O) groups excluding carboxylic acids is 2. The van der Waals surface area contributed by atoms with Crippen LogP contribution in [0.4, 0.5) is 0 Å². The molecular formula is C19H27N3O2. The molecule has 0 aromatic heterocycles. The molecule has 1 aromatic rings. The predicted octanol–water partition coefficient (Wildman–Crippen LogP) is 1.81. The third-order valence-electron chi connectivity index (χ3n) is 4.97. The van der Waals surface area contributed by atoms with Gasteiger partial charge in [-0.05, 0) is 49.4 Å². The Bertz CT molecular complexity index is 582. The summed E-state index contributed by atoms with van der Waals surface area (Å²) < 4.78 is 0. The summed E-state index contributed by atoms with van der Waals surface area (Å²) in [7, 11) is 0. The Morgan fingerprint density at radius 3 is 2.96 bits per heavy atom. The second-order valence-electron chi connectivity index (χ2n) is 6.91. The first-order valence-electron chi connectivity index (χ1n) is 9.04. The zero-order valence-electron chi connectivity index (χ0n) is 14.2. The molecule has 2 aliphatic heterocycles. The Kier molecular flexibility index (Phi) is 5.86. The lowest BCUT2D eigenvalue weighted by Gasteiger charge is -2.16. The molecule has 2 N–H and O–H groups in total.